The van der Waals surface area contributed by atoms with Gasteiger partial charge in [-0.3, -0.25) is 0 Å². The summed E-state index contributed by atoms with van der Waals surface area (Å²) in [5, 5.41) is 6.98. The van der Waals surface area contributed by atoms with E-state index >= 15 is 0 Å². The van der Waals surface area contributed by atoms with E-state index in [0.717, 1.165) is 26.6 Å². The summed E-state index contributed by atoms with van der Waals surface area (Å²) in [6.45, 7) is 0.239. The maximum Gasteiger partial charge on any atom is 0.237 e. The van der Waals surface area contributed by atoms with Crippen LogP contribution in [-0.4, -0.2) is 26.9 Å². The summed E-state index contributed by atoms with van der Waals surface area (Å²) < 4.78 is 17.1. The van der Waals surface area contributed by atoms with Gasteiger partial charge < -0.3 is 14.0 Å². The predicted octanol–water partition coefficient (Wildman–Crippen LogP) is 3.76. The Labute approximate surface area is 150 Å². The Balaban J connectivity index is 1.35. The zero-order valence-electron chi connectivity index (χ0n) is 12.7. The topological polar surface area (TPSA) is 83.2 Å². The number of thiophene rings is 1. The van der Waals surface area contributed by atoms with Crippen molar-refractivity contribution in [1.29, 1.82) is 0 Å². The van der Waals surface area contributed by atoms with Gasteiger partial charge in [0.25, 0.3) is 0 Å². The predicted molar refractivity (Wildman–Crippen MR) is 92.8 cm³/mol. The molecule has 0 amide bonds. The van der Waals surface area contributed by atoms with E-state index in [4.69, 9.17) is 14.0 Å². The molecule has 25 heavy (non-hydrogen) atoms. The van der Waals surface area contributed by atoms with E-state index in [2.05, 4.69) is 20.1 Å². The lowest BCUT2D eigenvalue weighted by molar-refractivity contribution is 0.174. The van der Waals surface area contributed by atoms with Crippen LogP contribution in [0.5, 0.6) is 11.5 Å². The Hall–Kier alpha value is -2.65. The van der Waals surface area contributed by atoms with Crippen LogP contribution in [0.15, 0.2) is 45.5 Å². The smallest absolute Gasteiger partial charge is 0.237 e. The Bertz CT molecular complexity index is 1060. The molecule has 0 N–H and O–H groups in total. The fourth-order valence-electron chi connectivity index (χ4n) is 2.47. The van der Waals surface area contributed by atoms with Gasteiger partial charge in [-0.1, -0.05) is 16.9 Å². The Morgan fingerprint density at radius 3 is 3.08 bits per heavy atom. The first-order valence-electron chi connectivity index (χ1n) is 7.40. The van der Waals surface area contributed by atoms with E-state index in [1.807, 2.05) is 29.6 Å². The van der Waals surface area contributed by atoms with Crippen molar-refractivity contribution in [3.05, 3.63) is 41.9 Å². The summed E-state index contributed by atoms with van der Waals surface area (Å²) in [6, 6.07) is 7.56. The third-order valence-electron chi connectivity index (χ3n) is 3.64. The maximum atomic E-state index is 5.38. The highest BCUT2D eigenvalue weighted by molar-refractivity contribution is 7.98. The van der Waals surface area contributed by atoms with E-state index in [1.54, 1.807) is 29.4 Å². The molecule has 7 nitrogen and oxygen atoms in total. The number of nitrogens with zero attached hydrogens (tertiary/aromatic N) is 4. The number of benzene rings is 1. The molecule has 0 saturated heterocycles. The molecule has 4 heterocycles. The van der Waals surface area contributed by atoms with Crippen molar-refractivity contribution in [1.82, 2.24) is 20.1 Å². The zero-order chi connectivity index (χ0) is 16.6. The van der Waals surface area contributed by atoms with E-state index in [-0.39, 0.29) is 6.79 Å². The van der Waals surface area contributed by atoms with Crippen LogP contribution in [-0.2, 0) is 5.75 Å². The maximum absolute atomic E-state index is 5.38. The lowest BCUT2D eigenvalue weighted by Gasteiger charge is -1.98. The highest BCUT2D eigenvalue weighted by Gasteiger charge is 2.17. The van der Waals surface area contributed by atoms with Gasteiger partial charge in [0.1, 0.15) is 11.4 Å². The molecule has 1 aliphatic heterocycles. The summed E-state index contributed by atoms with van der Waals surface area (Å²) in [7, 11) is 0. The molecular weight excluding hydrogens is 360 g/mol. The zero-order valence-corrected chi connectivity index (χ0v) is 14.3. The highest BCUT2D eigenvalue weighted by atomic mass is 32.2. The largest absolute Gasteiger partial charge is 0.454 e. The molecule has 0 unspecified atom stereocenters. The van der Waals surface area contributed by atoms with Crippen molar-refractivity contribution in [3.63, 3.8) is 0 Å². The quantitative estimate of drug-likeness (QED) is 0.397. The molecule has 0 bridgehead atoms. The second-order valence-electron chi connectivity index (χ2n) is 5.18. The van der Waals surface area contributed by atoms with Crippen molar-refractivity contribution < 1.29 is 14.0 Å². The van der Waals surface area contributed by atoms with Crippen LogP contribution in [0.25, 0.3) is 21.6 Å². The van der Waals surface area contributed by atoms with Gasteiger partial charge in [0.2, 0.25) is 18.5 Å². The number of thioether (sulfide) groups is 1. The number of rotatable bonds is 4. The molecule has 5 rings (SSSR count). The molecule has 124 valence electrons. The standard InChI is InChI=1S/C16H10N4O3S2/c1-2-11-12(22-8-21-11)5-9(1)15-19-13(23-20-15)6-25-16-14-10(3-4-24-14)17-7-18-16/h1-5,7H,6,8H2. The fourth-order valence-corrected chi connectivity index (χ4v) is 4.25. The number of hydrogen-bond donors (Lipinski definition) is 0. The summed E-state index contributed by atoms with van der Waals surface area (Å²) in [4.78, 5) is 13.0. The molecule has 0 saturated carbocycles. The van der Waals surface area contributed by atoms with Crippen molar-refractivity contribution in [2.24, 2.45) is 0 Å². The van der Waals surface area contributed by atoms with Crippen molar-refractivity contribution in [2.75, 3.05) is 6.79 Å². The summed E-state index contributed by atoms with van der Waals surface area (Å²) in [6.07, 6.45) is 1.57. The first-order chi connectivity index (χ1) is 12.4. The van der Waals surface area contributed by atoms with Crippen LogP contribution in [0.1, 0.15) is 5.89 Å². The number of ether oxygens (including phenoxy) is 2. The lowest BCUT2D eigenvalue weighted by atomic mass is 10.2. The Kier molecular flexibility index (Phi) is 3.53. The SMILES string of the molecule is c1nc(SCc2nc(-c3ccc4c(c3)OCO4)no2)c2sccc2n1. The van der Waals surface area contributed by atoms with Gasteiger partial charge in [-0.05, 0) is 29.6 Å². The van der Waals surface area contributed by atoms with Crippen LogP contribution in [0, 0.1) is 0 Å². The third kappa shape index (κ3) is 2.71. The summed E-state index contributed by atoms with van der Waals surface area (Å²) >= 11 is 3.18. The van der Waals surface area contributed by atoms with Crippen molar-refractivity contribution in [2.45, 2.75) is 10.8 Å². The minimum Gasteiger partial charge on any atom is -0.454 e. The third-order valence-corrected chi connectivity index (χ3v) is 5.66. The summed E-state index contributed by atoms with van der Waals surface area (Å²) in [5.41, 5.74) is 1.78. The number of fused-ring (bicyclic) bond motifs is 2. The minimum absolute atomic E-state index is 0.239. The molecule has 9 heteroatoms. The van der Waals surface area contributed by atoms with Crippen LogP contribution >= 0.6 is 23.1 Å². The average Bonchev–Trinajstić information content (AvgIpc) is 3.38. The van der Waals surface area contributed by atoms with Crippen LogP contribution in [0.3, 0.4) is 0 Å². The van der Waals surface area contributed by atoms with Gasteiger partial charge in [-0.15, -0.1) is 11.3 Å². The molecule has 0 spiro atoms. The average molecular weight is 370 g/mol. The monoisotopic (exact) mass is 370 g/mol. The Morgan fingerprint density at radius 1 is 1.12 bits per heavy atom. The fraction of sp³-hybridized carbons (Fsp3) is 0.125. The molecule has 1 aromatic carbocycles. The molecule has 0 atom stereocenters. The van der Waals surface area contributed by atoms with E-state index in [9.17, 15) is 0 Å². The lowest BCUT2D eigenvalue weighted by Crippen LogP contribution is -1.92. The van der Waals surface area contributed by atoms with Crippen LogP contribution < -0.4 is 9.47 Å². The molecule has 1 aliphatic rings. The molecule has 4 aromatic rings. The molecule has 0 radical (unpaired) electrons. The van der Waals surface area contributed by atoms with Crippen LogP contribution in [0.2, 0.25) is 0 Å². The molecular formula is C16H10N4O3S2. The van der Waals surface area contributed by atoms with Gasteiger partial charge in [-0.2, -0.15) is 4.98 Å². The molecule has 0 aliphatic carbocycles. The second kappa shape index (κ2) is 6.01. The van der Waals surface area contributed by atoms with E-state index in [0.29, 0.717) is 23.2 Å². The van der Waals surface area contributed by atoms with Gasteiger partial charge in [0.05, 0.1) is 16.0 Å². The van der Waals surface area contributed by atoms with Gasteiger partial charge in [0, 0.05) is 5.56 Å². The van der Waals surface area contributed by atoms with Crippen molar-refractivity contribution in [3.8, 4) is 22.9 Å². The van der Waals surface area contributed by atoms with Gasteiger partial charge >= 0.3 is 0 Å². The normalized spacial score (nSPS) is 12.8. The van der Waals surface area contributed by atoms with Crippen molar-refractivity contribution >= 4 is 33.3 Å². The van der Waals surface area contributed by atoms with Gasteiger partial charge in [0.15, 0.2) is 11.5 Å². The highest BCUT2D eigenvalue weighted by Crippen LogP contribution is 2.35. The first-order valence-corrected chi connectivity index (χ1v) is 9.27. The first kappa shape index (κ1) is 14.7. The van der Waals surface area contributed by atoms with E-state index < -0.39 is 0 Å². The summed E-state index contributed by atoms with van der Waals surface area (Å²) in [5.74, 6) is 3.03. The minimum atomic E-state index is 0.239. The van der Waals surface area contributed by atoms with Crippen LogP contribution in [0.4, 0.5) is 0 Å². The number of aromatic nitrogens is 4. The molecule has 0 fully saturated rings. The number of hydrogen-bond acceptors (Lipinski definition) is 9. The van der Waals surface area contributed by atoms with Gasteiger partial charge in [-0.25, -0.2) is 9.97 Å². The Morgan fingerprint density at radius 2 is 2.08 bits per heavy atom. The second-order valence-corrected chi connectivity index (χ2v) is 7.06. The molecule has 3 aromatic heterocycles. The van der Waals surface area contributed by atoms with E-state index in [1.165, 1.54) is 0 Å².